The molecule has 0 aliphatic heterocycles. The summed E-state index contributed by atoms with van der Waals surface area (Å²) >= 11 is 0. The van der Waals surface area contributed by atoms with E-state index in [0.717, 1.165) is 0 Å². The molecule has 0 spiro atoms. The van der Waals surface area contributed by atoms with Gasteiger partial charge in [0, 0.05) is 18.7 Å². The molecule has 23 heavy (non-hydrogen) atoms. The number of carboxylic acid groups (broad SMARTS) is 1. The number of nitrogens with zero attached hydrogens (tertiary/aromatic N) is 1. The first-order valence-corrected chi connectivity index (χ1v) is 6.72. The normalized spacial score (nSPS) is 10.9. The third kappa shape index (κ3) is 3.47. The first-order valence-electron chi connectivity index (χ1n) is 6.72. The van der Waals surface area contributed by atoms with Crippen molar-refractivity contribution in [3.05, 3.63) is 52.8 Å². The van der Waals surface area contributed by atoms with Gasteiger partial charge in [0.1, 0.15) is 23.2 Å². The van der Waals surface area contributed by atoms with Crippen LogP contribution >= 0.6 is 0 Å². The van der Waals surface area contributed by atoms with Gasteiger partial charge in [-0.1, -0.05) is 12.1 Å². The molecule has 1 aromatic carbocycles. The van der Waals surface area contributed by atoms with Crippen LogP contribution in [0.25, 0.3) is 17.4 Å². The zero-order chi connectivity index (χ0) is 17.0. The number of nitriles is 1. The summed E-state index contributed by atoms with van der Waals surface area (Å²) < 4.78 is 5.61. The van der Waals surface area contributed by atoms with Gasteiger partial charge in [-0.2, -0.15) is 5.26 Å². The van der Waals surface area contributed by atoms with Crippen LogP contribution in [0.3, 0.4) is 0 Å². The lowest BCUT2D eigenvalue weighted by molar-refractivity contribution is -0.255. The average molecular weight is 309 g/mol. The standard InChI is InChI=1S/C17H14N2O4/c1-10-7-11(17(21)22)3-5-14(10)15-6-4-13(23-15)8-12(9-18)16(20)19-2/h3-8H,1-2H3,(H,19,20)(H,21,22)/p-1/b12-8+. The summed E-state index contributed by atoms with van der Waals surface area (Å²) in [4.78, 5) is 22.3. The van der Waals surface area contributed by atoms with E-state index >= 15 is 0 Å². The maximum absolute atomic E-state index is 11.5. The Labute approximate surface area is 132 Å². The predicted molar refractivity (Wildman–Crippen MR) is 80.9 cm³/mol. The van der Waals surface area contributed by atoms with Gasteiger partial charge in [0.15, 0.2) is 0 Å². The van der Waals surface area contributed by atoms with Crippen molar-refractivity contribution in [1.82, 2.24) is 5.32 Å². The molecular formula is C17H13N2O4-. The fraction of sp³-hybridized carbons (Fsp3) is 0.118. The van der Waals surface area contributed by atoms with E-state index in [1.54, 1.807) is 31.2 Å². The van der Waals surface area contributed by atoms with Crippen molar-refractivity contribution in [3.8, 4) is 17.4 Å². The Kier molecular flexibility index (Phi) is 4.62. The highest BCUT2D eigenvalue weighted by atomic mass is 16.4. The van der Waals surface area contributed by atoms with Crippen LogP contribution in [-0.4, -0.2) is 18.9 Å². The number of likely N-dealkylation sites (N-methyl/N-ethyl adjacent to an activating group) is 1. The topological polar surface area (TPSA) is 106 Å². The minimum atomic E-state index is -1.24. The Morgan fingerprint density at radius 2 is 2.04 bits per heavy atom. The van der Waals surface area contributed by atoms with Crippen molar-refractivity contribution >= 4 is 18.0 Å². The van der Waals surface area contributed by atoms with E-state index in [-0.39, 0.29) is 11.1 Å². The number of carbonyl (C=O) groups excluding carboxylic acids is 2. The summed E-state index contributed by atoms with van der Waals surface area (Å²) in [5, 5.41) is 22.2. The zero-order valence-corrected chi connectivity index (χ0v) is 12.5. The van der Waals surface area contributed by atoms with E-state index in [0.29, 0.717) is 22.6 Å². The summed E-state index contributed by atoms with van der Waals surface area (Å²) in [6, 6.07) is 9.66. The number of benzene rings is 1. The maximum atomic E-state index is 11.5. The Hall–Kier alpha value is -3.33. The lowest BCUT2D eigenvalue weighted by Crippen LogP contribution is -2.22. The van der Waals surface area contributed by atoms with Crippen LogP contribution in [0, 0.1) is 18.3 Å². The van der Waals surface area contributed by atoms with Crippen molar-refractivity contribution in [3.63, 3.8) is 0 Å². The Balaban J connectivity index is 2.37. The molecule has 0 unspecified atom stereocenters. The van der Waals surface area contributed by atoms with Crippen LogP contribution in [0.1, 0.15) is 21.7 Å². The van der Waals surface area contributed by atoms with Crippen LogP contribution in [0.15, 0.2) is 40.3 Å². The molecule has 1 aromatic heterocycles. The highest BCUT2D eigenvalue weighted by Crippen LogP contribution is 2.27. The Bertz CT molecular complexity index is 841. The molecule has 0 bridgehead atoms. The van der Waals surface area contributed by atoms with E-state index < -0.39 is 11.9 Å². The second-order valence-corrected chi connectivity index (χ2v) is 4.77. The van der Waals surface area contributed by atoms with Gasteiger partial charge < -0.3 is 19.6 Å². The molecular weight excluding hydrogens is 296 g/mol. The molecule has 1 amide bonds. The quantitative estimate of drug-likeness (QED) is 0.676. The molecule has 0 atom stereocenters. The molecule has 1 heterocycles. The number of aryl methyl sites for hydroxylation is 1. The molecule has 0 saturated carbocycles. The molecule has 0 aliphatic carbocycles. The van der Waals surface area contributed by atoms with E-state index in [1.165, 1.54) is 25.3 Å². The number of hydrogen-bond donors (Lipinski definition) is 1. The summed E-state index contributed by atoms with van der Waals surface area (Å²) in [7, 11) is 1.43. The average Bonchev–Trinajstić information content (AvgIpc) is 2.99. The molecule has 2 aromatic rings. The molecule has 6 nitrogen and oxygen atoms in total. The zero-order valence-electron chi connectivity index (χ0n) is 12.5. The van der Waals surface area contributed by atoms with Crippen molar-refractivity contribution in [1.29, 1.82) is 5.26 Å². The predicted octanol–water partition coefficient (Wildman–Crippen LogP) is 1.27. The van der Waals surface area contributed by atoms with Gasteiger partial charge in [0.2, 0.25) is 0 Å². The molecule has 0 saturated heterocycles. The second-order valence-electron chi connectivity index (χ2n) is 4.77. The monoisotopic (exact) mass is 309 g/mol. The Morgan fingerprint density at radius 3 is 2.61 bits per heavy atom. The molecule has 0 radical (unpaired) electrons. The number of carboxylic acids is 1. The van der Waals surface area contributed by atoms with Crippen LogP contribution in [0.5, 0.6) is 0 Å². The van der Waals surface area contributed by atoms with E-state index in [1.807, 2.05) is 0 Å². The van der Waals surface area contributed by atoms with Gasteiger partial charge >= 0.3 is 0 Å². The lowest BCUT2D eigenvalue weighted by Gasteiger charge is -2.07. The van der Waals surface area contributed by atoms with Crippen LogP contribution < -0.4 is 10.4 Å². The number of rotatable bonds is 4. The number of aromatic carboxylic acids is 1. The summed E-state index contributed by atoms with van der Waals surface area (Å²) in [6.45, 7) is 1.76. The highest BCUT2D eigenvalue weighted by Gasteiger charge is 2.11. The maximum Gasteiger partial charge on any atom is 0.261 e. The molecule has 0 aliphatic rings. The van der Waals surface area contributed by atoms with Crippen molar-refractivity contribution in [2.24, 2.45) is 0 Å². The number of furan rings is 1. The molecule has 0 fully saturated rings. The summed E-state index contributed by atoms with van der Waals surface area (Å²) in [5.74, 6) is -0.886. The number of hydrogen-bond acceptors (Lipinski definition) is 5. The van der Waals surface area contributed by atoms with Gasteiger partial charge in [-0.15, -0.1) is 0 Å². The number of amides is 1. The second kappa shape index (κ2) is 6.62. The first-order chi connectivity index (χ1) is 11.0. The first kappa shape index (κ1) is 16.0. The van der Waals surface area contributed by atoms with Crippen LogP contribution in [0.4, 0.5) is 0 Å². The fourth-order valence-corrected chi connectivity index (χ4v) is 2.07. The van der Waals surface area contributed by atoms with E-state index in [2.05, 4.69) is 5.32 Å². The molecule has 1 N–H and O–H groups in total. The summed E-state index contributed by atoms with van der Waals surface area (Å²) in [5.41, 5.74) is 1.44. The van der Waals surface area contributed by atoms with Gasteiger partial charge in [-0.05, 0) is 36.2 Å². The van der Waals surface area contributed by atoms with Crippen molar-refractivity contribution < 1.29 is 19.1 Å². The van der Waals surface area contributed by atoms with E-state index in [9.17, 15) is 14.7 Å². The van der Waals surface area contributed by atoms with Crippen LogP contribution in [0.2, 0.25) is 0 Å². The van der Waals surface area contributed by atoms with Crippen molar-refractivity contribution in [2.45, 2.75) is 6.92 Å². The SMILES string of the molecule is CNC(=O)/C(C#N)=C/c1ccc(-c2ccc(C(=O)[O-])cc2C)o1. The van der Waals surface area contributed by atoms with Crippen LogP contribution in [-0.2, 0) is 4.79 Å². The molecule has 2 rings (SSSR count). The Morgan fingerprint density at radius 1 is 1.30 bits per heavy atom. The third-order valence-electron chi connectivity index (χ3n) is 3.23. The number of nitrogens with one attached hydrogen (secondary N) is 1. The van der Waals surface area contributed by atoms with Gasteiger partial charge in [0.05, 0.1) is 5.97 Å². The smallest absolute Gasteiger partial charge is 0.261 e. The third-order valence-corrected chi connectivity index (χ3v) is 3.23. The van der Waals surface area contributed by atoms with Gasteiger partial charge in [-0.3, -0.25) is 4.79 Å². The largest absolute Gasteiger partial charge is 0.545 e. The fourth-order valence-electron chi connectivity index (χ4n) is 2.07. The minimum absolute atomic E-state index is 0.0718. The van der Waals surface area contributed by atoms with Gasteiger partial charge in [0.25, 0.3) is 5.91 Å². The number of carbonyl (C=O) groups is 2. The van der Waals surface area contributed by atoms with Crippen molar-refractivity contribution in [2.75, 3.05) is 7.05 Å². The minimum Gasteiger partial charge on any atom is -0.545 e. The lowest BCUT2D eigenvalue weighted by atomic mass is 10.0. The van der Waals surface area contributed by atoms with E-state index in [4.69, 9.17) is 9.68 Å². The highest BCUT2D eigenvalue weighted by molar-refractivity contribution is 6.01. The molecule has 6 heteroatoms. The van der Waals surface area contributed by atoms with Gasteiger partial charge in [-0.25, -0.2) is 0 Å². The summed E-state index contributed by atoms with van der Waals surface area (Å²) in [6.07, 6.45) is 1.34. The molecule has 116 valence electrons.